The zero-order chi connectivity index (χ0) is 15.1. The van der Waals surface area contributed by atoms with Gasteiger partial charge in [0, 0.05) is 18.8 Å². The number of nitrogens with one attached hydrogen (secondary N) is 2. The molecule has 0 saturated carbocycles. The minimum atomic E-state index is -0.528. The van der Waals surface area contributed by atoms with Crippen molar-refractivity contribution in [2.24, 2.45) is 5.92 Å². The van der Waals surface area contributed by atoms with Gasteiger partial charge in [0.1, 0.15) is 0 Å². The molecular formula is C16H25N3O2. The van der Waals surface area contributed by atoms with Gasteiger partial charge in [-0.3, -0.25) is 0 Å². The lowest BCUT2D eigenvalue weighted by Crippen LogP contribution is -2.43. The molecule has 1 aromatic carbocycles. The van der Waals surface area contributed by atoms with Crippen molar-refractivity contribution in [3.63, 3.8) is 0 Å². The predicted molar refractivity (Wildman–Crippen MR) is 84.3 cm³/mol. The Morgan fingerprint density at radius 1 is 1.33 bits per heavy atom. The average Bonchev–Trinajstić information content (AvgIpc) is 2.49. The molecule has 5 nitrogen and oxygen atoms in total. The van der Waals surface area contributed by atoms with Crippen molar-refractivity contribution in [2.45, 2.75) is 25.9 Å². The van der Waals surface area contributed by atoms with E-state index < -0.39 is 6.10 Å². The highest BCUT2D eigenvalue weighted by Crippen LogP contribution is 2.15. The number of nitrogens with zero attached hydrogens (tertiary/aromatic N) is 1. The molecule has 116 valence electrons. The number of piperidine rings is 1. The lowest BCUT2D eigenvalue weighted by Gasteiger charge is -2.31. The fourth-order valence-electron chi connectivity index (χ4n) is 2.51. The van der Waals surface area contributed by atoms with Gasteiger partial charge in [-0.15, -0.1) is 0 Å². The number of hydrogen-bond donors (Lipinski definition) is 3. The first-order valence-corrected chi connectivity index (χ1v) is 7.64. The van der Waals surface area contributed by atoms with Crippen LogP contribution in [0.25, 0.3) is 0 Å². The molecular weight excluding hydrogens is 266 g/mol. The molecule has 0 aliphatic carbocycles. The Morgan fingerprint density at radius 2 is 2.00 bits per heavy atom. The highest BCUT2D eigenvalue weighted by atomic mass is 16.3. The molecule has 2 rings (SSSR count). The Kier molecular flexibility index (Phi) is 6.02. The Morgan fingerprint density at radius 3 is 2.67 bits per heavy atom. The number of rotatable bonds is 5. The molecule has 1 aliphatic heterocycles. The predicted octanol–water partition coefficient (Wildman–Crippen LogP) is 1.90. The maximum absolute atomic E-state index is 11.7. The van der Waals surface area contributed by atoms with Crippen LogP contribution in [0.5, 0.6) is 0 Å². The van der Waals surface area contributed by atoms with E-state index in [2.05, 4.69) is 22.5 Å². The van der Waals surface area contributed by atoms with Crippen molar-refractivity contribution in [3.8, 4) is 0 Å². The van der Waals surface area contributed by atoms with Crippen molar-refractivity contribution in [1.29, 1.82) is 0 Å². The standard InChI is InChI=1S/C16H25N3O2/c1-13-7-9-19(10-8-13)12-15(20)11-17-16(21)18-14-5-3-2-4-6-14/h2-6,13,15,20H,7-12H2,1H3,(H2,17,18,21). The van der Waals surface area contributed by atoms with Gasteiger partial charge in [-0.05, 0) is 44.0 Å². The molecule has 1 unspecified atom stereocenters. The van der Waals surface area contributed by atoms with E-state index in [-0.39, 0.29) is 12.6 Å². The molecule has 1 aromatic rings. The number of benzene rings is 1. The first kappa shape index (κ1) is 15.8. The van der Waals surface area contributed by atoms with Crippen LogP contribution in [-0.2, 0) is 0 Å². The van der Waals surface area contributed by atoms with Gasteiger partial charge in [0.2, 0.25) is 0 Å². The third-order valence-corrected chi connectivity index (χ3v) is 3.88. The van der Waals surface area contributed by atoms with Gasteiger partial charge in [-0.25, -0.2) is 4.79 Å². The van der Waals surface area contributed by atoms with E-state index in [0.29, 0.717) is 6.54 Å². The van der Waals surface area contributed by atoms with Crippen LogP contribution >= 0.6 is 0 Å². The summed E-state index contributed by atoms with van der Waals surface area (Å²) in [6.07, 6.45) is 1.85. The van der Waals surface area contributed by atoms with E-state index in [0.717, 1.165) is 24.7 Å². The van der Waals surface area contributed by atoms with Crippen molar-refractivity contribution in [3.05, 3.63) is 30.3 Å². The summed E-state index contributed by atoms with van der Waals surface area (Å²) in [7, 11) is 0. The van der Waals surface area contributed by atoms with Crippen LogP contribution in [0.3, 0.4) is 0 Å². The monoisotopic (exact) mass is 291 g/mol. The van der Waals surface area contributed by atoms with E-state index in [1.165, 1.54) is 12.8 Å². The number of β-amino-alcohol motifs (C(OH)–C–C–N with tert-alkyl or cyclic N) is 1. The van der Waals surface area contributed by atoms with Crippen molar-refractivity contribution in [1.82, 2.24) is 10.2 Å². The number of carbonyl (C=O) groups excluding carboxylic acids is 1. The van der Waals surface area contributed by atoms with Crippen LogP contribution in [0.2, 0.25) is 0 Å². The minimum Gasteiger partial charge on any atom is -0.390 e. The first-order chi connectivity index (χ1) is 10.1. The molecule has 5 heteroatoms. The molecule has 1 saturated heterocycles. The summed E-state index contributed by atoms with van der Waals surface area (Å²) in [6.45, 7) is 5.23. The van der Waals surface area contributed by atoms with E-state index in [9.17, 15) is 9.90 Å². The molecule has 0 radical (unpaired) electrons. The summed E-state index contributed by atoms with van der Waals surface area (Å²) >= 11 is 0. The topological polar surface area (TPSA) is 64.6 Å². The summed E-state index contributed by atoms with van der Waals surface area (Å²) in [4.78, 5) is 14.0. The number of anilines is 1. The number of para-hydroxylation sites is 1. The van der Waals surface area contributed by atoms with Gasteiger partial charge >= 0.3 is 6.03 Å². The van der Waals surface area contributed by atoms with Crippen LogP contribution in [0.4, 0.5) is 10.5 Å². The SMILES string of the molecule is CC1CCN(CC(O)CNC(=O)Nc2ccccc2)CC1. The fourth-order valence-corrected chi connectivity index (χ4v) is 2.51. The van der Waals surface area contributed by atoms with Crippen molar-refractivity contribution >= 4 is 11.7 Å². The average molecular weight is 291 g/mol. The Balaban J connectivity index is 1.64. The molecule has 1 heterocycles. The quantitative estimate of drug-likeness (QED) is 0.776. The summed E-state index contributed by atoms with van der Waals surface area (Å²) < 4.78 is 0. The van der Waals surface area contributed by atoms with E-state index in [4.69, 9.17) is 0 Å². The number of aliphatic hydroxyl groups is 1. The normalized spacial score (nSPS) is 18.2. The Hall–Kier alpha value is -1.59. The summed E-state index contributed by atoms with van der Waals surface area (Å²) in [5.74, 6) is 0.785. The lowest BCUT2D eigenvalue weighted by molar-refractivity contribution is 0.0924. The van der Waals surface area contributed by atoms with E-state index >= 15 is 0 Å². The van der Waals surface area contributed by atoms with Gasteiger partial charge in [-0.2, -0.15) is 0 Å². The third kappa shape index (κ3) is 5.73. The molecule has 1 fully saturated rings. The molecule has 1 aliphatic rings. The molecule has 21 heavy (non-hydrogen) atoms. The number of hydrogen-bond acceptors (Lipinski definition) is 3. The van der Waals surface area contributed by atoms with Gasteiger partial charge in [0.25, 0.3) is 0 Å². The number of amides is 2. The summed E-state index contributed by atoms with van der Waals surface area (Å²) in [5, 5.41) is 15.4. The van der Waals surface area contributed by atoms with Crippen LogP contribution in [0, 0.1) is 5.92 Å². The first-order valence-electron chi connectivity index (χ1n) is 7.64. The van der Waals surface area contributed by atoms with Crippen molar-refractivity contribution in [2.75, 3.05) is 31.5 Å². The van der Waals surface area contributed by atoms with E-state index in [1.54, 1.807) is 0 Å². The second kappa shape index (κ2) is 8.00. The highest BCUT2D eigenvalue weighted by molar-refractivity contribution is 5.89. The second-order valence-corrected chi connectivity index (χ2v) is 5.84. The zero-order valence-corrected chi connectivity index (χ0v) is 12.6. The largest absolute Gasteiger partial charge is 0.390 e. The molecule has 0 aromatic heterocycles. The van der Waals surface area contributed by atoms with E-state index in [1.807, 2.05) is 30.3 Å². The summed E-state index contributed by atoms with van der Waals surface area (Å²) in [5.41, 5.74) is 0.745. The van der Waals surface area contributed by atoms with Gasteiger partial charge in [0.05, 0.1) is 6.10 Å². The number of likely N-dealkylation sites (tertiary alicyclic amines) is 1. The van der Waals surface area contributed by atoms with Crippen LogP contribution in [0.15, 0.2) is 30.3 Å². The Bertz CT molecular complexity index is 430. The zero-order valence-electron chi connectivity index (χ0n) is 12.6. The Labute approximate surface area is 126 Å². The fraction of sp³-hybridized carbons (Fsp3) is 0.562. The highest BCUT2D eigenvalue weighted by Gasteiger charge is 2.18. The molecule has 0 bridgehead atoms. The maximum Gasteiger partial charge on any atom is 0.319 e. The number of urea groups is 1. The van der Waals surface area contributed by atoms with Gasteiger partial charge in [0.15, 0.2) is 0 Å². The minimum absolute atomic E-state index is 0.269. The smallest absolute Gasteiger partial charge is 0.319 e. The van der Waals surface area contributed by atoms with Crippen LogP contribution in [-0.4, -0.2) is 48.3 Å². The molecule has 2 amide bonds. The van der Waals surface area contributed by atoms with Crippen molar-refractivity contribution < 1.29 is 9.90 Å². The summed E-state index contributed by atoms with van der Waals surface area (Å²) in [6, 6.07) is 8.98. The van der Waals surface area contributed by atoms with Crippen LogP contribution < -0.4 is 10.6 Å². The van der Waals surface area contributed by atoms with Gasteiger partial charge in [-0.1, -0.05) is 25.1 Å². The van der Waals surface area contributed by atoms with Crippen LogP contribution in [0.1, 0.15) is 19.8 Å². The maximum atomic E-state index is 11.7. The molecule has 0 spiro atoms. The molecule has 1 atom stereocenters. The third-order valence-electron chi connectivity index (χ3n) is 3.88. The number of carbonyl (C=O) groups is 1. The number of aliphatic hydroxyl groups excluding tert-OH is 1. The second-order valence-electron chi connectivity index (χ2n) is 5.84. The van der Waals surface area contributed by atoms with Gasteiger partial charge < -0.3 is 20.6 Å². The lowest BCUT2D eigenvalue weighted by atomic mass is 9.99. The molecule has 3 N–H and O–H groups in total.